The highest BCUT2D eigenvalue weighted by atomic mass is 32.2. The van der Waals surface area contributed by atoms with Gasteiger partial charge in [-0.1, -0.05) is 6.07 Å². The third kappa shape index (κ3) is 2.40. The van der Waals surface area contributed by atoms with E-state index in [2.05, 4.69) is 0 Å². The molecule has 19 heavy (non-hydrogen) atoms. The van der Waals surface area contributed by atoms with Crippen molar-refractivity contribution in [3.63, 3.8) is 0 Å². The third-order valence-corrected chi connectivity index (χ3v) is 5.80. The van der Waals surface area contributed by atoms with Gasteiger partial charge in [0, 0.05) is 6.42 Å². The zero-order valence-electron chi connectivity index (χ0n) is 10.3. The van der Waals surface area contributed by atoms with Crippen LogP contribution in [0.1, 0.15) is 18.4 Å². The van der Waals surface area contributed by atoms with E-state index in [-0.39, 0.29) is 18.1 Å². The molecule has 0 aromatic heterocycles. The number of sulfone groups is 1. The first-order valence-corrected chi connectivity index (χ1v) is 7.78. The molecule has 0 radical (unpaired) electrons. The molecule has 0 bridgehead atoms. The van der Waals surface area contributed by atoms with Crippen molar-refractivity contribution >= 4 is 9.84 Å². The van der Waals surface area contributed by atoms with Gasteiger partial charge in [-0.2, -0.15) is 0 Å². The molecule has 1 aliphatic carbocycles. The number of ether oxygens (including phenoxy) is 1. The van der Waals surface area contributed by atoms with E-state index in [1.807, 2.05) is 0 Å². The van der Waals surface area contributed by atoms with Gasteiger partial charge in [-0.05, 0) is 30.5 Å². The molecule has 0 spiro atoms. The monoisotopic (exact) mass is 286 g/mol. The lowest BCUT2D eigenvalue weighted by Gasteiger charge is -2.25. The van der Waals surface area contributed by atoms with Crippen molar-refractivity contribution in [2.45, 2.75) is 35.0 Å². The molecule has 1 aromatic rings. The van der Waals surface area contributed by atoms with E-state index < -0.39 is 26.5 Å². The van der Waals surface area contributed by atoms with Crippen molar-refractivity contribution in [1.82, 2.24) is 0 Å². The van der Waals surface area contributed by atoms with Crippen LogP contribution in [0.3, 0.4) is 0 Å². The zero-order chi connectivity index (χ0) is 13.7. The van der Waals surface area contributed by atoms with Crippen LogP contribution in [0.4, 0.5) is 4.39 Å². The number of hydrogen-bond donors (Lipinski definition) is 1. The molecule has 0 atom stereocenters. The van der Waals surface area contributed by atoms with Gasteiger partial charge in [-0.25, -0.2) is 12.8 Å². The first-order valence-electron chi connectivity index (χ1n) is 6.23. The van der Waals surface area contributed by atoms with Gasteiger partial charge in [-0.3, -0.25) is 0 Å². The number of aliphatic hydroxyl groups is 1. The topological polar surface area (TPSA) is 63.6 Å². The van der Waals surface area contributed by atoms with E-state index in [0.29, 0.717) is 24.8 Å². The fourth-order valence-electron chi connectivity index (χ4n) is 2.16. The van der Waals surface area contributed by atoms with Gasteiger partial charge in [0.25, 0.3) is 0 Å². The minimum atomic E-state index is -3.64. The van der Waals surface area contributed by atoms with Crippen LogP contribution in [-0.2, 0) is 21.0 Å². The first kappa shape index (κ1) is 13.0. The SMILES string of the molecule is O=S(=O)(c1ccc(CC2(O)CC2)cc1F)C1COC1. The molecular weight excluding hydrogens is 271 g/mol. The van der Waals surface area contributed by atoms with Gasteiger partial charge in [0.15, 0.2) is 9.84 Å². The Morgan fingerprint density at radius 2 is 2.05 bits per heavy atom. The summed E-state index contributed by atoms with van der Waals surface area (Å²) in [5, 5.41) is 9.14. The predicted molar refractivity (Wildman–Crippen MR) is 66.1 cm³/mol. The smallest absolute Gasteiger partial charge is 0.188 e. The maximum Gasteiger partial charge on any atom is 0.188 e. The minimum absolute atomic E-state index is 0.128. The van der Waals surface area contributed by atoms with Crippen LogP contribution in [0, 0.1) is 5.82 Å². The maximum absolute atomic E-state index is 14.0. The number of hydrogen-bond acceptors (Lipinski definition) is 4. The average molecular weight is 286 g/mol. The molecule has 1 N–H and O–H groups in total. The number of rotatable bonds is 4. The van der Waals surface area contributed by atoms with Crippen LogP contribution in [0.2, 0.25) is 0 Å². The summed E-state index contributed by atoms with van der Waals surface area (Å²) in [5.41, 5.74) is -0.0874. The first-order chi connectivity index (χ1) is 8.91. The van der Waals surface area contributed by atoms with E-state index in [0.717, 1.165) is 0 Å². The van der Waals surface area contributed by atoms with E-state index in [1.165, 1.54) is 12.1 Å². The molecule has 2 aliphatic rings. The second kappa shape index (κ2) is 4.26. The second-order valence-electron chi connectivity index (χ2n) is 5.37. The van der Waals surface area contributed by atoms with Crippen molar-refractivity contribution in [1.29, 1.82) is 0 Å². The van der Waals surface area contributed by atoms with E-state index in [4.69, 9.17) is 4.74 Å². The molecule has 0 unspecified atom stereocenters. The Balaban J connectivity index is 1.87. The lowest BCUT2D eigenvalue weighted by Crippen LogP contribution is -2.40. The Labute approximate surface area is 111 Å². The molecular formula is C13H15FO4S. The summed E-state index contributed by atoms with van der Waals surface area (Å²) in [4.78, 5) is -0.271. The Kier molecular flexibility index (Phi) is 2.92. The van der Waals surface area contributed by atoms with Gasteiger partial charge in [0.2, 0.25) is 0 Å². The molecule has 6 heteroatoms. The van der Waals surface area contributed by atoms with Gasteiger partial charge in [-0.15, -0.1) is 0 Å². The lowest BCUT2D eigenvalue weighted by atomic mass is 10.1. The zero-order valence-corrected chi connectivity index (χ0v) is 11.1. The molecule has 0 amide bonds. The summed E-state index contributed by atoms with van der Waals surface area (Å²) in [5.74, 6) is -0.742. The minimum Gasteiger partial charge on any atom is -0.390 e. The molecule has 1 saturated carbocycles. The van der Waals surface area contributed by atoms with Crippen molar-refractivity contribution in [3.05, 3.63) is 29.6 Å². The van der Waals surface area contributed by atoms with Gasteiger partial charge in [0.05, 0.1) is 18.8 Å². The van der Waals surface area contributed by atoms with Crippen LogP contribution in [0.5, 0.6) is 0 Å². The van der Waals surface area contributed by atoms with Gasteiger partial charge >= 0.3 is 0 Å². The number of halogens is 1. The summed E-state index contributed by atoms with van der Waals surface area (Å²) in [6.45, 7) is 0.256. The second-order valence-corrected chi connectivity index (χ2v) is 7.57. The molecule has 3 rings (SSSR count). The fourth-order valence-corrected chi connectivity index (χ4v) is 3.66. The summed E-state index contributed by atoms with van der Waals surface area (Å²) < 4.78 is 43.0. The van der Waals surface area contributed by atoms with Crippen molar-refractivity contribution < 1.29 is 22.7 Å². The van der Waals surface area contributed by atoms with Crippen molar-refractivity contribution in [2.24, 2.45) is 0 Å². The van der Waals surface area contributed by atoms with Crippen LogP contribution >= 0.6 is 0 Å². The average Bonchev–Trinajstić information content (AvgIpc) is 2.91. The summed E-state index contributed by atoms with van der Waals surface area (Å²) in [6.07, 6.45) is 1.80. The molecule has 2 fully saturated rings. The Morgan fingerprint density at radius 1 is 1.37 bits per heavy atom. The molecule has 4 nitrogen and oxygen atoms in total. The van der Waals surface area contributed by atoms with Crippen LogP contribution < -0.4 is 0 Å². The molecule has 1 aromatic carbocycles. The van der Waals surface area contributed by atoms with Crippen LogP contribution in [0.25, 0.3) is 0 Å². The summed E-state index contributed by atoms with van der Waals surface area (Å²) >= 11 is 0. The van der Waals surface area contributed by atoms with Crippen molar-refractivity contribution in [2.75, 3.05) is 13.2 Å². The maximum atomic E-state index is 14.0. The molecule has 104 valence electrons. The largest absolute Gasteiger partial charge is 0.390 e. The fraction of sp³-hybridized carbons (Fsp3) is 0.538. The highest BCUT2D eigenvalue weighted by molar-refractivity contribution is 7.92. The Hall–Kier alpha value is -0.980. The molecule has 1 saturated heterocycles. The Bertz CT molecular complexity index is 603. The third-order valence-electron chi connectivity index (χ3n) is 3.71. The highest BCUT2D eigenvalue weighted by Gasteiger charge is 2.40. The molecule has 1 aliphatic heterocycles. The van der Waals surface area contributed by atoms with E-state index in [1.54, 1.807) is 6.07 Å². The summed E-state index contributed by atoms with van der Waals surface area (Å²) in [7, 11) is -3.64. The van der Waals surface area contributed by atoms with Gasteiger partial charge < -0.3 is 9.84 Å². The summed E-state index contributed by atoms with van der Waals surface area (Å²) in [6, 6.07) is 4.08. The van der Waals surface area contributed by atoms with E-state index >= 15 is 0 Å². The lowest BCUT2D eigenvalue weighted by molar-refractivity contribution is 0.0415. The van der Waals surface area contributed by atoms with Crippen LogP contribution in [-0.4, -0.2) is 37.6 Å². The normalized spacial score (nSPS) is 22.0. The van der Waals surface area contributed by atoms with Gasteiger partial charge in [0.1, 0.15) is 16.0 Å². The Morgan fingerprint density at radius 3 is 2.53 bits per heavy atom. The van der Waals surface area contributed by atoms with Crippen molar-refractivity contribution in [3.8, 4) is 0 Å². The highest BCUT2D eigenvalue weighted by Crippen LogP contribution is 2.38. The standard InChI is InChI=1S/C13H15FO4S/c14-11-5-9(6-13(15)3-4-13)1-2-12(11)19(16,17)10-7-18-8-10/h1-2,5,10,15H,3-4,6-8H2. The van der Waals surface area contributed by atoms with E-state index in [9.17, 15) is 17.9 Å². The quantitative estimate of drug-likeness (QED) is 0.899. The molecule has 1 heterocycles. The van der Waals surface area contributed by atoms with Crippen LogP contribution in [0.15, 0.2) is 23.1 Å². The predicted octanol–water partition coefficient (Wildman–Crippen LogP) is 1.07. The number of benzene rings is 1.